The van der Waals surface area contributed by atoms with Crippen LogP contribution in [0.1, 0.15) is 47.0 Å². The normalized spacial score (nSPS) is 22.2. The Morgan fingerprint density at radius 2 is 2.00 bits per heavy atom. The predicted molar refractivity (Wildman–Crippen MR) is 78.2 cm³/mol. The van der Waals surface area contributed by atoms with Gasteiger partial charge in [0.1, 0.15) is 5.54 Å². The summed E-state index contributed by atoms with van der Waals surface area (Å²) in [5.41, 5.74) is -0.156. The molecule has 1 rings (SSSR count). The van der Waals surface area contributed by atoms with Crippen molar-refractivity contribution in [1.29, 1.82) is 0 Å². The standard InChI is InChI=1S/C15H30N2O2/c1-6-15(7-2)9-10-17(12-15)11-14(4,16-5)13(18)19-8-3/h16H,6-12H2,1-5H3. The molecule has 1 atom stereocenters. The summed E-state index contributed by atoms with van der Waals surface area (Å²) in [5.74, 6) is -0.150. The van der Waals surface area contributed by atoms with Gasteiger partial charge < -0.3 is 15.0 Å². The van der Waals surface area contributed by atoms with Gasteiger partial charge in [-0.05, 0) is 52.1 Å². The molecule has 0 aromatic carbocycles. The van der Waals surface area contributed by atoms with Gasteiger partial charge in [0.15, 0.2) is 0 Å². The summed E-state index contributed by atoms with van der Waals surface area (Å²) in [6.07, 6.45) is 3.67. The van der Waals surface area contributed by atoms with E-state index in [1.807, 2.05) is 20.9 Å². The topological polar surface area (TPSA) is 41.6 Å². The maximum Gasteiger partial charge on any atom is 0.327 e. The molecule has 0 bridgehead atoms. The van der Waals surface area contributed by atoms with Crippen LogP contribution in [0.25, 0.3) is 0 Å². The Morgan fingerprint density at radius 1 is 1.37 bits per heavy atom. The predicted octanol–water partition coefficient (Wildman–Crippen LogP) is 2.04. The summed E-state index contributed by atoms with van der Waals surface area (Å²) >= 11 is 0. The van der Waals surface area contributed by atoms with Crippen LogP contribution < -0.4 is 5.32 Å². The SMILES string of the molecule is CCOC(=O)C(C)(CN1CCC(CC)(CC)C1)NC. The summed E-state index contributed by atoms with van der Waals surface area (Å²) in [5, 5.41) is 3.14. The fraction of sp³-hybridized carbons (Fsp3) is 0.933. The molecule has 1 N–H and O–H groups in total. The summed E-state index contributed by atoms with van der Waals surface area (Å²) in [6, 6.07) is 0. The zero-order chi connectivity index (χ0) is 14.5. The van der Waals surface area contributed by atoms with E-state index in [4.69, 9.17) is 4.74 Å². The van der Waals surface area contributed by atoms with E-state index in [1.54, 1.807) is 0 Å². The summed E-state index contributed by atoms with van der Waals surface area (Å²) < 4.78 is 5.18. The first-order valence-electron chi connectivity index (χ1n) is 7.53. The molecule has 19 heavy (non-hydrogen) atoms. The molecule has 1 fully saturated rings. The minimum absolute atomic E-state index is 0.150. The number of ether oxygens (including phenoxy) is 1. The van der Waals surface area contributed by atoms with E-state index < -0.39 is 5.54 Å². The van der Waals surface area contributed by atoms with Gasteiger partial charge in [-0.1, -0.05) is 13.8 Å². The Labute approximate surface area is 117 Å². The lowest BCUT2D eigenvalue weighted by Gasteiger charge is -2.33. The van der Waals surface area contributed by atoms with E-state index in [2.05, 4.69) is 24.1 Å². The van der Waals surface area contributed by atoms with Gasteiger partial charge in [-0.25, -0.2) is 0 Å². The largest absolute Gasteiger partial charge is 0.465 e. The number of carbonyl (C=O) groups excluding carboxylic acids is 1. The Kier molecular flexibility index (Phi) is 5.81. The maximum atomic E-state index is 12.1. The summed E-state index contributed by atoms with van der Waals surface area (Å²) in [7, 11) is 1.83. The first-order valence-corrected chi connectivity index (χ1v) is 7.53. The van der Waals surface area contributed by atoms with Crippen molar-refractivity contribution >= 4 is 5.97 Å². The average molecular weight is 270 g/mol. The third-order valence-corrected chi connectivity index (χ3v) is 4.83. The molecule has 0 aliphatic carbocycles. The first-order chi connectivity index (χ1) is 8.95. The molecule has 112 valence electrons. The molecule has 1 heterocycles. The minimum atomic E-state index is -0.604. The number of carbonyl (C=O) groups is 1. The molecular formula is C15H30N2O2. The number of hydrogen-bond acceptors (Lipinski definition) is 4. The molecule has 1 aliphatic heterocycles. The van der Waals surface area contributed by atoms with E-state index >= 15 is 0 Å². The van der Waals surface area contributed by atoms with Crippen LogP contribution in [0.15, 0.2) is 0 Å². The molecular weight excluding hydrogens is 240 g/mol. The van der Waals surface area contributed by atoms with E-state index in [9.17, 15) is 4.79 Å². The second-order valence-electron chi connectivity index (χ2n) is 5.97. The zero-order valence-corrected chi connectivity index (χ0v) is 13.2. The minimum Gasteiger partial charge on any atom is -0.465 e. The van der Waals surface area contributed by atoms with Gasteiger partial charge in [-0.3, -0.25) is 4.79 Å². The van der Waals surface area contributed by atoms with Crippen molar-refractivity contribution in [2.45, 2.75) is 52.5 Å². The highest BCUT2D eigenvalue weighted by atomic mass is 16.5. The third kappa shape index (κ3) is 3.69. The Morgan fingerprint density at radius 3 is 2.42 bits per heavy atom. The quantitative estimate of drug-likeness (QED) is 0.719. The van der Waals surface area contributed by atoms with Crippen molar-refractivity contribution in [3.63, 3.8) is 0 Å². The van der Waals surface area contributed by atoms with E-state index in [0.717, 1.165) is 19.6 Å². The van der Waals surface area contributed by atoms with Gasteiger partial charge in [-0.2, -0.15) is 0 Å². The van der Waals surface area contributed by atoms with Crippen molar-refractivity contribution < 1.29 is 9.53 Å². The molecule has 0 spiro atoms. The monoisotopic (exact) mass is 270 g/mol. The van der Waals surface area contributed by atoms with Crippen LogP contribution in [0, 0.1) is 5.41 Å². The lowest BCUT2D eigenvalue weighted by Crippen LogP contribution is -2.56. The van der Waals surface area contributed by atoms with Crippen molar-refractivity contribution in [2.24, 2.45) is 5.41 Å². The van der Waals surface area contributed by atoms with Crippen molar-refractivity contribution in [3.8, 4) is 0 Å². The van der Waals surface area contributed by atoms with Crippen LogP contribution in [-0.2, 0) is 9.53 Å². The number of nitrogens with one attached hydrogen (secondary N) is 1. The van der Waals surface area contributed by atoms with Crippen molar-refractivity contribution in [3.05, 3.63) is 0 Å². The highest BCUT2D eigenvalue weighted by Crippen LogP contribution is 2.37. The smallest absolute Gasteiger partial charge is 0.327 e. The molecule has 4 nitrogen and oxygen atoms in total. The molecule has 0 aromatic heterocycles. The molecule has 0 saturated carbocycles. The lowest BCUT2D eigenvalue weighted by molar-refractivity contribution is -0.151. The molecule has 1 aliphatic rings. The molecule has 1 unspecified atom stereocenters. The number of likely N-dealkylation sites (N-methyl/N-ethyl adjacent to an activating group) is 1. The Bertz CT molecular complexity index is 303. The van der Waals surface area contributed by atoms with Gasteiger partial charge >= 0.3 is 5.97 Å². The second kappa shape index (κ2) is 6.71. The molecule has 0 radical (unpaired) electrons. The fourth-order valence-electron chi connectivity index (χ4n) is 2.97. The maximum absolute atomic E-state index is 12.1. The van der Waals surface area contributed by atoms with Gasteiger partial charge in [0.05, 0.1) is 6.61 Å². The van der Waals surface area contributed by atoms with Crippen LogP contribution in [0.2, 0.25) is 0 Å². The van der Waals surface area contributed by atoms with Crippen molar-refractivity contribution in [2.75, 3.05) is 33.3 Å². The highest BCUT2D eigenvalue weighted by Gasteiger charge is 2.41. The van der Waals surface area contributed by atoms with Crippen LogP contribution in [-0.4, -0.2) is 49.7 Å². The zero-order valence-electron chi connectivity index (χ0n) is 13.2. The number of likely N-dealkylation sites (tertiary alicyclic amines) is 1. The first kappa shape index (κ1) is 16.4. The molecule has 1 saturated heterocycles. The summed E-state index contributed by atoms with van der Waals surface area (Å²) in [6.45, 7) is 11.7. The third-order valence-electron chi connectivity index (χ3n) is 4.83. The van der Waals surface area contributed by atoms with Crippen LogP contribution in [0.3, 0.4) is 0 Å². The van der Waals surface area contributed by atoms with Gasteiger partial charge in [0.2, 0.25) is 0 Å². The van der Waals surface area contributed by atoms with E-state index in [0.29, 0.717) is 12.0 Å². The fourth-order valence-corrected chi connectivity index (χ4v) is 2.97. The summed E-state index contributed by atoms with van der Waals surface area (Å²) in [4.78, 5) is 14.5. The van der Waals surface area contributed by atoms with E-state index in [1.165, 1.54) is 19.3 Å². The van der Waals surface area contributed by atoms with Crippen molar-refractivity contribution in [1.82, 2.24) is 10.2 Å². The average Bonchev–Trinajstić information content (AvgIpc) is 2.82. The van der Waals surface area contributed by atoms with E-state index in [-0.39, 0.29) is 5.97 Å². The van der Waals surface area contributed by atoms with Crippen LogP contribution in [0.4, 0.5) is 0 Å². The molecule has 4 heteroatoms. The highest BCUT2D eigenvalue weighted by molar-refractivity contribution is 5.80. The van der Waals surface area contributed by atoms with Crippen LogP contribution in [0.5, 0.6) is 0 Å². The number of hydrogen-bond donors (Lipinski definition) is 1. The lowest BCUT2D eigenvalue weighted by atomic mass is 9.82. The number of nitrogens with zero attached hydrogens (tertiary/aromatic N) is 1. The molecule has 0 aromatic rings. The van der Waals surface area contributed by atoms with Gasteiger partial charge in [0.25, 0.3) is 0 Å². The Hall–Kier alpha value is -0.610. The molecule has 0 amide bonds. The van der Waals surface area contributed by atoms with Gasteiger partial charge in [-0.15, -0.1) is 0 Å². The number of rotatable bonds is 7. The van der Waals surface area contributed by atoms with Crippen LogP contribution >= 0.6 is 0 Å². The Balaban J connectivity index is 2.65. The van der Waals surface area contributed by atoms with Gasteiger partial charge in [0, 0.05) is 13.1 Å². The number of esters is 1. The second-order valence-corrected chi connectivity index (χ2v) is 5.97.